The molecule has 22 heavy (non-hydrogen) atoms. The van der Waals surface area contributed by atoms with E-state index in [1.807, 2.05) is 4.90 Å². The molecule has 1 amide bonds. The molecule has 2 aliphatic heterocycles. The molecule has 2 atom stereocenters. The molecule has 2 saturated heterocycles. The molecular weight excluding hydrogens is 304 g/mol. The summed E-state index contributed by atoms with van der Waals surface area (Å²) in [6.07, 6.45) is 0.594. The van der Waals surface area contributed by atoms with E-state index in [2.05, 4.69) is 16.7 Å². The fourth-order valence-electron chi connectivity index (χ4n) is 3.56. The highest BCUT2D eigenvalue weighted by molar-refractivity contribution is 7.89. The zero-order valence-corrected chi connectivity index (χ0v) is 14.4. The molecular formula is C14H28N4O3S. The summed E-state index contributed by atoms with van der Waals surface area (Å²) in [7, 11) is -3.35. The molecule has 128 valence electrons. The largest absolute Gasteiger partial charge is 0.340 e. The maximum atomic E-state index is 11.4. The van der Waals surface area contributed by atoms with Crippen LogP contribution in [0.4, 0.5) is 0 Å². The Labute approximate surface area is 133 Å². The lowest BCUT2D eigenvalue weighted by Crippen LogP contribution is -2.53. The van der Waals surface area contributed by atoms with E-state index in [9.17, 15) is 13.2 Å². The van der Waals surface area contributed by atoms with Gasteiger partial charge in [0.25, 0.3) is 0 Å². The van der Waals surface area contributed by atoms with Crippen LogP contribution in [0.15, 0.2) is 0 Å². The van der Waals surface area contributed by atoms with Crippen LogP contribution in [0.5, 0.6) is 0 Å². The quantitative estimate of drug-likeness (QED) is 0.709. The van der Waals surface area contributed by atoms with Crippen LogP contribution in [0.3, 0.4) is 0 Å². The first-order valence-electron chi connectivity index (χ1n) is 7.98. The predicted molar refractivity (Wildman–Crippen MR) is 85.8 cm³/mol. The molecule has 2 aliphatic rings. The second kappa shape index (κ2) is 7.25. The number of nitrogens with two attached hydrogens (primary N) is 1. The number of sulfonamides is 1. The van der Waals surface area contributed by atoms with Crippen LogP contribution in [0.2, 0.25) is 0 Å². The summed E-state index contributed by atoms with van der Waals surface area (Å²) in [6.45, 7) is 10.1. The number of likely N-dealkylation sites (tertiary alicyclic amines) is 1. The van der Waals surface area contributed by atoms with Crippen molar-refractivity contribution in [3.63, 3.8) is 0 Å². The summed E-state index contributed by atoms with van der Waals surface area (Å²) >= 11 is 0. The van der Waals surface area contributed by atoms with Crippen molar-refractivity contribution in [3.05, 3.63) is 0 Å². The SMILES string of the molecule is CC(=O)N1CCN(C2CN(CCCS(N)(=O)=O)CC2C)CC1. The van der Waals surface area contributed by atoms with E-state index in [0.717, 1.165) is 45.8 Å². The van der Waals surface area contributed by atoms with E-state index in [0.29, 0.717) is 18.4 Å². The first-order valence-corrected chi connectivity index (χ1v) is 9.70. The molecule has 0 aliphatic carbocycles. The van der Waals surface area contributed by atoms with E-state index in [1.165, 1.54) is 0 Å². The molecule has 2 unspecified atom stereocenters. The van der Waals surface area contributed by atoms with Crippen molar-refractivity contribution in [2.75, 3.05) is 51.6 Å². The van der Waals surface area contributed by atoms with Gasteiger partial charge < -0.3 is 9.80 Å². The van der Waals surface area contributed by atoms with Crippen LogP contribution >= 0.6 is 0 Å². The average molecular weight is 332 g/mol. The summed E-state index contributed by atoms with van der Waals surface area (Å²) in [5, 5.41) is 5.04. The van der Waals surface area contributed by atoms with Crippen molar-refractivity contribution in [1.82, 2.24) is 14.7 Å². The third-order valence-corrected chi connectivity index (χ3v) is 5.64. The summed E-state index contributed by atoms with van der Waals surface area (Å²) in [4.78, 5) is 18.1. The number of nitrogens with zero attached hydrogens (tertiary/aromatic N) is 3. The normalized spacial score (nSPS) is 28.2. The highest BCUT2D eigenvalue weighted by Crippen LogP contribution is 2.23. The molecule has 2 N–H and O–H groups in total. The highest BCUT2D eigenvalue weighted by Gasteiger charge is 2.35. The van der Waals surface area contributed by atoms with Crippen molar-refractivity contribution in [2.24, 2.45) is 11.1 Å². The van der Waals surface area contributed by atoms with Gasteiger partial charge in [-0.25, -0.2) is 13.6 Å². The van der Waals surface area contributed by atoms with Crippen LogP contribution in [-0.4, -0.2) is 86.6 Å². The molecule has 0 saturated carbocycles. The van der Waals surface area contributed by atoms with Gasteiger partial charge in [-0.05, 0) is 18.9 Å². The first kappa shape index (κ1) is 17.7. The molecule has 7 nitrogen and oxygen atoms in total. The molecule has 0 aromatic carbocycles. The Balaban J connectivity index is 1.78. The molecule has 2 fully saturated rings. The van der Waals surface area contributed by atoms with Gasteiger partial charge in [0, 0.05) is 52.2 Å². The summed E-state index contributed by atoms with van der Waals surface area (Å²) in [5.41, 5.74) is 0. The molecule has 2 heterocycles. The number of hydrogen-bond donors (Lipinski definition) is 1. The van der Waals surface area contributed by atoms with Gasteiger partial charge >= 0.3 is 0 Å². The Morgan fingerprint density at radius 3 is 2.36 bits per heavy atom. The maximum absolute atomic E-state index is 11.4. The zero-order valence-electron chi connectivity index (χ0n) is 13.6. The fourth-order valence-corrected chi connectivity index (χ4v) is 4.10. The van der Waals surface area contributed by atoms with Gasteiger partial charge in [0.2, 0.25) is 15.9 Å². The maximum Gasteiger partial charge on any atom is 0.219 e. The topological polar surface area (TPSA) is 86.9 Å². The standard InChI is InChI=1S/C14H28N4O3S/c1-12-10-16(4-3-9-22(15,20)21)11-14(12)18-7-5-17(6-8-18)13(2)19/h12,14H,3-11H2,1-2H3,(H2,15,20,21). The second-order valence-electron chi connectivity index (χ2n) is 6.57. The Morgan fingerprint density at radius 1 is 1.18 bits per heavy atom. The Hall–Kier alpha value is -0.700. The third-order valence-electron chi connectivity index (χ3n) is 4.78. The van der Waals surface area contributed by atoms with Crippen LogP contribution in [-0.2, 0) is 14.8 Å². The minimum atomic E-state index is -3.35. The van der Waals surface area contributed by atoms with Crippen molar-refractivity contribution in [2.45, 2.75) is 26.3 Å². The number of amides is 1. The van der Waals surface area contributed by atoms with Gasteiger partial charge in [-0.15, -0.1) is 0 Å². The van der Waals surface area contributed by atoms with E-state index < -0.39 is 10.0 Å². The number of carbonyl (C=O) groups excluding carboxylic acids is 1. The minimum absolute atomic E-state index is 0.0554. The minimum Gasteiger partial charge on any atom is -0.340 e. The van der Waals surface area contributed by atoms with Crippen LogP contribution < -0.4 is 5.14 Å². The van der Waals surface area contributed by atoms with E-state index >= 15 is 0 Å². The lowest BCUT2D eigenvalue weighted by molar-refractivity contribution is -0.130. The smallest absolute Gasteiger partial charge is 0.219 e. The second-order valence-corrected chi connectivity index (χ2v) is 8.30. The predicted octanol–water partition coefficient (Wildman–Crippen LogP) is -0.851. The van der Waals surface area contributed by atoms with Gasteiger partial charge in [-0.3, -0.25) is 9.69 Å². The molecule has 0 radical (unpaired) electrons. The molecule has 0 bridgehead atoms. The molecule has 0 aromatic rings. The molecule has 8 heteroatoms. The van der Waals surface area contributed by atoms with Gasteiger partial charge in [0.1, 0.15) is 0 Å². The Morgan fingerprint density at radius 2 is 1.82 bits per heavy atom. The van der Waals surface area contributed by atoms with Crippen LogP contribution in [0.25, 0.3) is 0 Å². The number of piperazine rings is 1. The molecule has 0 aromatic heterocycles. The number of primary sulfonamides is 1. The lowest BCUT2D eigenvalue weighted by atomic mass is 10.0. The van der Waals surface area contributed by atoms with Gasteiger partial charge in [-0.1, -0.05) is 6.92 Å². The number of carbonyl (C=O) groups is 1. The number of hydrogen-bond acceptors (Lipinski definition) is 5. The number of rotatable bonds is 5. The fraction of sp³-hybridized carbons (Fsp3) is 0.929. The summed E-state index contributed by atoms with van der Waals surface area (Å²) in [5.74, 6) is 0.780. The summed E-state index contributed by atoms with van der Waals surface area (Å²) < 4.78 is 22.0. The van der Waals surface area contributed by atoms with Gasteiger partial charge in [-0.2, -0.15) is 0 Å². The zero-order chi connectivity index (χ0) is 16.3. The monoisotopic (exact) mass is 332 g/mol. The van der Waals surface area contributed by atoms with E-state index in [4.69, 9.17) is 5.14 Å². The average Bonchev–Trinajstić information content (AvgIpc) is 2.78. The first-order chi connectivity index (χ1) is 10.3. The van der Waals surface area contributed by atoms with Crippen LogP contribution in [0, 0.1) is 5.92 Å². The lowest BCUT2D eigenvalue weighted by Gasteiger charge is -2.39. The molecule has 0 spiro atoms. The van der Waals surface area contributed by atoms with Gasteiger partial charge in [0.05, 0.1) is 5.75 Å². The van der Waals surface area contributed by atoms with E-state index in [1.54, 1.807) is 6.92 Å². The molecule has 2 rings (SSSR count). The van der Waals surface area contributed by atoms with Crippen molar-refractivity contribution in [3.8, 4) is 0 Å². The van der Waals surface area contributed by atoms with Gasteiger partial charge in [0.15, 0.2) is 0 Å². The van der Waals surface area contributed by atoms with E-state index in [-0.39, 0.29) is 11.7 Å². The van der Waals surface area contributed by atoms with Crippen molar-refractivity contribution >= 4 is 15.9 Å². The summed E-state index contributed by atoms with van der Waals surface area (Å²) in [6, 6.07) is 0.503. The highest BCUT2D eigenvalue weighted by atomic mass is 32.2. The Kier molecular flexibility index (Phi) is 5.81. The van der Waals surface area contributed by atoms with Crippen LogP contribution in [0.1, 0.15) is 20.3 Å². The van der Waals surface area contributed by atoms with Crippen molar-refractivity contribution in [1.29, 1.82) is 0 Å². The Bertz CT molecular complexity index is 488. The van der Waals surface area contributed by atoms with Crippen molar-refractivity contribution < 1.29 is 13.2 Å². The third kappa shape index (κ3) is 4.91.